The van der Waals surface area contributed by atoms with Crippen molar-refractivity contribution in [2.75, 3.05) is 25.0 Å². The number of anilines is 1. The van der Waals surface area contributed by atoms with Crippen LogP contribution in [0.15, 0.2) is 29.2 Å². The van der Waals surface area contributed by atoms with Crippen LogP contribution in [0.4, 0.5) is 5.00 Å². The van der Waals surface area contributed by atoms with E-state index < -0.39 is 27.7 Å². The first kappa shape index (κ1) is 31.7. The number of hydrogen-bond donors (Lipinski definition) is 3. The van der Waals surface area contributed by atoms with Crippen molar-refractivity contribution in [3.05, 3.63) is 45.8 Å². The smallest absolute Gasteiger partial charge is 0.272 e. The first-order valence-electron chi connectivity index (χ1n) is 13.6. The second-order valence-corrected chi connectivity index (χ2v) is 14.3. The summed E-state index contributed by atoms with van der Waals surface area (Å²) >= 11 is 1.34. The third kappa shape index (κ3) is 7.68. The number of carbonyl (C=O) groups is 3. The van der Waals surface area contributed by atoms with Crippen LogP contribution in [0.25, 0.3) is 0 Å². The van der Waals surface area contributed by atoms with E-state index in [1.54, 1.807) is 0 Å². The number of rotatable bonds is 10. The molecule has 10 nitrogen and oxygen atoms in total. The van der Waals surface area contributed by atoms with Crippen molar-refractivity contribution in [3.8, 4) is 0 Å². The Balaban J connectivity index is 1.87. The summed E-state index contributed by atoms with van der Waals surface area (Å²) in [6.07, 6.45) is 0.637. The summed E-state index contributed by atoms with van der Waals surface area (Å²) in [6.45, 7) is 15.7. The largest absolute Gasteiger partial charge is 0.313 e. The van der Waals surface area contributed by atoms with Gasteiger partial charge in [0.1, 0.15) is 5.00 Å². The molecule has 0 unspecified atom stereocenters. The van der Waals surface area contributed by atoms with Crippen LogP contribution in [0.1, 0.15) is 79.6 Å². The molecule has 2 heterocycles. The standard InChI is InChI=1S/C28H41N5O5S2/c1-17(2)14-33(15-18(3)4)40(37,38)22-10-8-21(9-11-22)26(35)29-28-25(27(36)31-30-20(7)34)23-12-13-32(19(5)6)16-24(23)39-28/h8-11,17-19H,12-16H2,1-7H3,(H,29,35)(H,30,34)(H,31,36). The van der Waals surface area contributed by atoms with Crippen molar-refractivity contribution < 1.29 is 22.8 Å². The summed E-state index contributed by atoms with van der Waals surface area (Å²) in [5.41, 5.74) is 6.19. The van der Waals surface area contributed by atoms with Crippen LogP contribution in [0.5, 0.6) is 0 Å². The molecular formula is C28H41N5O5S2. The Labute approximate surface area is 241 Å². The molecule has 1 aliphatic rings. The highest BCUT2D eigenvalue weighted by Gasteiger charge is 2.30. The fraction of sp³-hybridized carbons (Fsp3) is 0.536. The molecule has 12 heteroatoms. The molecule has 2 aromatic rings. The molecule has 1 aromatic carbocycles. The number of carbonyl (C=O) groups excluding carboxylic acids is 3. The van der Waals surface area contributed by atoms with E-state index in [0.717, 1.165) is 17.0 Å². The monoisotopic (exact) mass is 591 g/mol. The number of thiophene rings is 1. The van der Waals surface area contributed by atoms with Crippen LogP contribution in [-0.4, -0.2) is 61.0 Å². The van der Waals surface area contributed by atoms with Gasteiger partial charge in [0.2, 0.25) is 15.9 Å². The molecule has 0 fully saturated rings. The van der Waals surface area contributed by atoms with Crippen molar-refractivity contribution in [2.45, 2.75) is 72.4 Å². The molecule has 0 bridgehead atoms. The Bertz CT molecular complexity index is 1320. The molecule has 220 valence electrons. The highest BCUT2D eigenvalue weighted by molar-refractivity contribution is 7.89. The average Bonchev–Trinajstić information content (AvgIpc) is 3.23. The van der Waals surface area contributed by atoms with E-state index in [1.165, 1.54) is 46.8 Å². The number of benzene rings is 1. The highest BCUT2D eigenvalue weighted by atomic mass is 32.2. The van der Waals surface area contributed by atoms with E-state index in [-0.39, 0.29) is 22.3 Å². The zero-order chi connectivity index (χ0) is 29.8. The zero-order valence-corrected chi connectivity index (χ0v) is 26.0. The van der Waals surface area contributed by atoms with Gasteiger partial charge in [-0.15, -0.1) is 11.3 Å². The van der Waals surface area contributed by atoms with E-state index >= 15 is 0 Å². The first-order chi connectivity index (χ1) is 18.7. The van der Waals surface area contributed by atoms with Crippen molar-refractivity contribution in [2.24, 2.45) is 11.8 Å². The van der Waals surface area contributed by atoms with Gasteiger partial charge in [0, 0.05) is 49.6 Å². The van der Waals surface area contributed by atoms with Crippen LogP contribution < -0.4 is 16.2 Å². The summed E-state index contributed by atoms with van der Waals surface area (Å²) < 4.78 is 28.2. The van der Waals surface area contributed by atoms with Crippen molar-refractivity contribution in [1.82, 2.24) is 20.1 Å². The Morgan fingerprint density at radius 2 is 1.55 bits per heavy atom. The quantitative estimate of drug-likeness (QED) is 0.360. The molecule has 0 saturated heterocycles. The molecular weight excluding hydrogens is 550 g/mol. The second-order valence-electron chi connectivity index (χ2n) is 11.2. The minimum atomic E-state index is -3.73. The maximum absolute atomic E-state index is 13.3. The van der Waals surface area contributed by atoms with Gasteiger partial charge in [-0.05, 0) is 61.9 Å². The van der Waals surface area contributed by atoms with E-state index in [9.17, 15) is 22.8 Å². The van der Waals surface area contributed by atoms with Gasteiger partial charge >= 0.3 is 0 Å². The summed E-state index contributed by atoms with van der Waals surface area (Å²) in [5, 5.41) is 3.25. The van der Waals surface area contributed by atoms with Crippen LogP contribution in [0, 0.1) is 11.8 Å². The van der Waals surface area contributed by atoms with E-state index in [4.69, 9.17) is 0 Å². The van der Waals surface area contributed by atoms with E-state index in [1.807, 2.05) is 27.7 Å². The molecule has 0 radical (unpaired) electrons. The molecule has 0 saturated carbocycles. The van der Waals surface area contributed by atoms with E-state index in [2.05, 4.69) is 34.9 Å². The number of amides is 3. The lowest BCUT2D eigenvalue weighted by molar-refractivity contribution is -0.119. The fourth-order valence-corrected chi connectivity index (χ4v) is 7.62. The molecule has 3 amide bonds. The summed E-state index contributed by atoms with van der Waals surface area (Å²) in [4.78, 5) is 41.1. The van der Waals surface area contributed by atoms with Gasteiger partial charge in [-0.2, -0.15) is 4.31 Å². The van der Waals surface area contributed by atoms with Crippen LogP contribution in [0.3, 0.4) is 0 Å². The van der Waals surface area contributed by atoms with Crippen molar-refractivity contribution >= 4 is 44.1 Å². The van der Waals surface area contributed by atoms with Crippen LogP contribution in [-0.2, 0) is 27.8 Å². The lowest BCUT2D eigenvalue weighted by Gasteiger charge is -2.30. The van der Waals surface area contributed by atoms with Gasteiger partial charge in [0.05, 0.1) is 10.5 Å². The normalized spacial score (nSPS) is 14.1. The Morgan fingerprint density at radius 1 is 0.950 bits per heavy atom. The minimum Gasteiger partial charge on any atom is -0.313 e. The predicted molar refractivity (Wildman–Crippen MR) is 158 cm³/mol. The Kier molecular flexibility index (Phi) is 10.5. The zero-order valence-electron chi connectivity index (χ0n) is 24.3. The summed E-state index contributed by atoms with van der Waals surface area (Å²) in [6, 6.07) is 6.19. The van der Waals surface area contributed by atoms with Gasteiger partial charge in [0.15, 0.2) is 0 Å². The summed E-state index contributed by atoms with van der Waals surface area (Å²) in [5.74, 6) is -1.04. The minimum absolute atomic E-state index is 0.126. The van der Waals surface area contributed by atoms with E-state index in [0.29, 0.717) is 42.7 Å². The van der Waals surface area contributed by atoms with Gasteiger partial charge in [0.25, 0.3) is 11.8 Å². The van der Waals surface area contributed by atoms with Crippen molar-refractivity contribution in [3.63, 3.8) is 0 Å². The maximum Gasteiger partial charge on any atom is 0.272 e. The number of nitrogens with zero attached hydrogens (tertiary/aromatic N) is 2. The lowest BCUT2D eigenvalue weighted by atomic mass is 10.0. The number of hydrogen-bond acceptors (Lipinski definition) is 7. The Hall–Kier alpha value is -2.80. The third-order valence-electron chi connectivity index (χ3n) is 6.51. The molecule has 1 aromatic heterocycles. The predicted octanol–water partition coefficient (Wildman–Crippen LogP) is 3.85. The molecule has 3 rings (SSSR count). The lowest BCUT2D eigenvalue weighted by Crippen LogP contribution is -2.41. The molecule has 1 aliphatic heterocycles. The number of nitrogens with one attached hydrogen (secondary N) is 3. The third-order valence-corrected chi connectivity index (χ3v) is 9.49. The Morgan fingerprint density at radius 3 is 2.08 bits per heavy atom. The second kappa shape index (κ2) is 13.2. The van der Waals surface area contributed by atoms with Gasteiger partial charge in [-0.25, -0.2) is 8.42 Å². The number of sulfonamides is 1. The number of hydrazine groups is 1. The SMILES string of the molecule is CC(=O)NNC(=O)c1c(NC(=O)c2ccc(S(=O)(=O)N(CC(C)C)CC(C)C)cc2)sc2c1CCN(C(C)C)C2. The fourth-order valence-electron chi connectivity index (χ4n) is 4.59. The summed E-state index contributed by atoms with van der Waals surface area (Å²) in [7, 11) is -3.73. The number of fused-ring (bicyclic) bond motifs is 1. The molecule has 0 spiro atoms. The molecule has 0 aliphatic carbocycles. The van der Waals surface area contributed by atoms with Gasteiger partial charge in [-0.3, -0.25) is 30.1 Å². The first-order valence-corrected chi connectivity index (χ1v) is 15.8. The molecule has 40 heavy (non-hydrogen) atoms. The maximum atomic E-state index is 13.3. The average molecular weight is 592 g/mol. The van der Waals surface area contributed by atoms with Crippen LogP contribution >= 0.6 is 11.3 Å². The molecule has 0 atom stereocenters. The van der Waals surface area contributed by atoms with Gasteiger partial charge < -0.3 is 5.32 Å². The topological polar surface area (TPSA) is 128 Å². The van der Waals surface area contributed by atoms with Gasteiger partial charge in [-0.1, -0.05) is 27.7 Å². The highest BCUT2D eigenvalue weighted by Crippen LogP contribution is 2.38. The van der Waals surface area contributed by atoms with Crippen molar-refractivity contribution in [1.29, 1.82) is 0 Å². The van der Waals surface area contributed by atoms with Crippen LogP contribution in [0.2, 0.25) is 0 Å². The molecule has 3 N–H and O–H groups in total.